The summed E-state index contributed by atoms with van der Waals surface area (Å²) in [6.45, 7) is 6.57. The van der Waals surface area contributed by atoms with Crippen LogP contribution < -0.4 is 4.90 Å². The lowest BCUT2D eigenvalue weighted by Crippen LogP contribution is -2.49. The van der Waals surface area contributed by atoms with E-state index in [1.807, 2.05) is 60.1 Å². The van der Waals surface area contributed by atoms with Crippen LogP contribution in [0.5, 0.6) is 0 Å². The van der Waals surface area contributed by atoms with Gasteiger partial charge < -0.3 is 14.2 Å². The molecule has 1 aliphatic rings. The van der Waals surface area contributed by atoms with E-state index in [1.165, 1.54) is 0 Å². The molecule has 0 spiro atoms. The molecule has 0 N–H and O–H groups in total. The smallest absolute Gasteiger partial charge is 0.318 e. The van der Waals surface area contributed by atoms with Crippen LogP contribution in [0.15, 0.2) is 40.3 Å². The van der Waals surface area contributed by atoms with Crippen molar-refractivity contribution in [3.8, 4) is 0 Å². The lowest BCUT2D eigenvalue weighted by Gasteiger charge is -2.33. The molecule has 2 heterocycles. The maximum atomic E-state index is 12.6. The Hall–Kier alpha value is -2.63. The fraction of sp³-hybridized carbons (Fsp3) is 0.389. The number of nitrogens with zero attached hydrogens (tertiary/aromatic N) is 4. The SMILES string of the molecule is CCc1nnc(N2CCN(C(=O)/C(C)=C/c3ccccc3)CC2)o1. The van der Waals surface area contributed by atoms with Crippen LogP contribution in [-0.4, -0.2) is 47.2 Å². The molecule has 0 atom stereocenters. The highest BCUT2D eigenvalue weighted by atomic mass is 16.4. The van der Waals surface area contributed by atoms with Gasteiger partial charge in [-0.05, 0) is 18.6 Å². The van der Waals surface area contributed by atoms with Crippen molar-refractivity contribution in [1.29, 1.82) is 0 Å². The van der Waals surface area contributed by atoms with E-state index in [0.717, 1.165) is 17.6 Å². The van der Waals surface area contributed by atoms with E-state index in [4.69, 9.17) is 4.42 Å². The van der Waals surface area contributed by atoms with Crippen LogP contribution in [0.3, 0.4) is 0 Å². The van der Waals surface area contributed by atoms with Gasteiger partial charge in [-0.2, -0.15) is 0 Å². The maximum Gasteiger partial charge on any atom is 0.318 e. The third-order valence-corrected chi connectivity index (χ3v) is 4.12. The molecular formula is C18H22N4O2. The van der Waals surface area contributed by atoms with Crippen molar-refractivity contribution in [2.24, 2.45) is 0 Å². The second-order valence-electron chi connectivity index (χ2n) is 5.85. The normalized spacial score (nSPS) is 15.7. The number of hydrogen-bond acceptors (Lipinski definition) is 5. The Balaban J connectivity index is 1.59. The zero-order chi connectivity index (χ0) is 16.9. The number of benzene rings is 1. The fourth-order valence-electron chi connectivity index (χ4n) is 2.73. The first-order valence-electron chi connectivity index (χ1n) is 8.27. The summed E-state index contributed by atoms with van der Waals surface area (Å²) in [7, 11) is 0. The fourth-order valence-corrected chi connectivity index (χ4v) is 2.73. The first kappa shape index (κ1) is 16.2. The van der Waals surface area contributed by atoms with Gasteiger partial charge in [0.25, 0.3) is 0 Å². The zero-order valence-corrected chi connectivity index (χ0v) is 14.1. The van der Waals surface area contributed by atoms with E-state index in [1.54, 1.807) is 0 Å². The lowest BCUT2D eigenvalue weighted by molar-refractivity contribution is -0.127. The van der Waals surface area contributed by atoms with E-state index in [9.17, 15) is 4.79 Å². The molecule has 0 unspecified atom stereocenters. The highest BCUT2D eigenvalue weighted by Gasteiger charge is 2.24. The molecule has 24 heavy (non-hydrogen) atoms. The van der Waals surface area contributed by atoms with Crippen molar-refractivity contribution < 1.29 is 9.21 Å². The number of aryl methyl sites for hydroxylation is 1. The van der Waals surface area contributed by atoms with E-state index in [0.29, 0.717) is 38.1 Å². The number of carbonyl (C=O) groups is 1. The summed E-state index contributed by atoms with van der Waals surface area (Å²) in [5.74, 6) is 0.725. The molecule has 1 fully saturated rings. The largest absolute Gasteiger partial charge is 0.408 e. The van der Waals surface area contributed by atoms with Crippen molar-refractivity contribution in [3.05, 3.63) is 47.4 Å². The summed E-state index contributed by atoms with van der Waals surface area (Å²) >= 11 is 0. The quantitative estimate of drug-likeness (QED) is 0.807. The van der Waals surface area contributed by atoms with Crippen LogP contribution in [0.4, 0.5) is 6.01 Å². The van der Waals surface area contributed by atoms with Crippen LogP contribution in [0.25, 0.3) is 6.08 Å². The molecule has 0 aliphatic carbocycles. The highest BCUT2D eigenvalue weighted by molar-refractivity contribution is 5.97. The van der Waals surface area contributed by atoms with Crippen LogP contribution in [0.1, 0.15) is 25.3 Å². The minimum absolute atomic E-state index is 0.0817. The molecule has 0 bridgehead atoms. The minimum Gasteiger partial charge on any atom is -0.408 e. The van der Waals surface area contributed by atoms with Gasteiger partial charge in [-0.1, -0.05) is 42.4 Å². The minimum atomic E-state index is 0.0817. The predicted molar refractivity (Wildman–Crippen MR) is 92.6 cm³/mol. The Morgan fingerprint density at radius 3 is 2.50 bits per heavy atom. The number of carbonyl (C=O) groups excluding carboxylic acids is 1. The Morgan fingerprint density at radius 2 is 1.88 bits per heavy atom. The van der Waals surface area contributed by atoms with Gasteiger partial charge in [-0.15, -0.1) is 5.10 Å². The lowest BCUT2D eigenvalue weighted by atomic mass is 10.1. The van der Waals surface area contributed by atoms with E-state index in [2.05, 4.69) is 10.2 Å². The van der Waals surface area contributed by atoms with E-state index in [-0.39, 0.29) is 5.91 Å². The summed E-state index contributed by atoms with van der Waals surface area (Å²) in [6.07, 6.45) is 2.66. The van der Waals surface area contributed by atoms with Gasteiger partial charge in [0.05, 0.1) is 0 Å². The van der Waals surface area contributed by atoms with Gasteiger partial charge in [-0.3, -0.25) is 4.79 Å². The van der Waals surface area contributed by atoms with Gasteiger partial charge in [0.1, 0.15) is 0 Å². The third kappa shape index (κ3) is 3.64. The molecule has 6 heteroatoms. The van der Waals surface area contributed by atoms with E-state index >= 15 is 0 Å². The first-order valence-corrected chi connectivity index (χ1v) is 8.27. The molecule has 1 amide bonds. The topological polar surface area (TPSA) is 62.5 Å². The molecule has 1 aromatic carbocycles. The second kappa shape index (κ2) is 7.29. The van der Waals surface area contributed by atoms with E-state index < -0.39 is 0 Å². The summed E-state index contributed by atoms with van der Waals surface area (Å²) in [6, 6.07) is 10.4. The van der Waals surface area contributed by atoms with Crippen LogP contribution in [0.2, 0.25) is 0 Å². The number of anilines is 1. The number of amides is 1. The summed E-state index contributed by atoms with van der Waals surface area (Å²) in [4.78, 5) is 16.5. The average molecular weight is 326 g/mol. The molecule has 0 radical (unpaired) electrons. The molecule has 1 aromatic heterocycles. The standard InChI is InChI=1S/C18H22N4O2/c1-3-16-19-20-18(24-16)22-11-9-21(10-12-22)17(23)14(2)13-15-7-5-4-6-8-15/h4-8,13H,3,9-12H2,1-2H3/b14-13+. The Kier molecular flexibility index (Phi) is 4.93. The molecule has 2 aromatic rings. The number of rotatable bonds is 4. The van der Waals surface area contributed by atoms with Crippen LogP contribution in [0, 0.1) is 0 Å². The Labute approximate surface area is 141 Å². The molecule has 0 saturated carbocycles. The molecular weight excluding hydrogens is 304 g/mol. The summed E-state index contributed by atoms with van der Waals surface area (Å²) in [5, 5.41) is 8.06. The predicted octanol–water partition coefficient (Wildman–Crippen LogP) is 2.38. The van der Waals surface area contributed by atoms with Gasteiger partial charge in [0.15, 0.2) is 0 Å². The van der Waals surface area contributed by atoms with Gasteiger partial charge in [0.2, 0.25) is 11.8 Å². The molecule has 6 nitrogen and oxygen atoms in total. The Morgan fingerprint density at radius 1 is 1.17 bits per heavy atom. The zero-order valence-electron chi connectivity index (χ0n) is 14.1. The Bertz CT molecular complexity index is 716. The molecule has 3 rings (SSSR count). The van der Waals surface area contributed by atoms with Crippen molar-refractivity contribution in [2.75, 3.05) is 31.1 Å². The number of piperazine rings is 1. The molecule has 1 aliphatic heterocycles. The van der Waals surface area contributed by atoms with Crippen molar-refractivity contribution in [2.45, 2.75) is 20.3 Å². The van der Waals surface area contributed by atoms with Crippen molar-refractivity contribution in [3.63, 3.8) is 0 Å². The maximum absolute atomic E-state index is 12.6. The van der Waals surface area contributed by atoms with Crippen LogP contribution in [-0.2, 0) is 11.2 Å². The van der Waals surface area contributed by atoms with Crippen molar-refractivity contribution >= 4 is 18.0 Å². The van der Waals surface area contributed by atoms with Crippen LogP contribution >= 0.6 is 0 Å². The summed E-state index contributed by atoms with van der Waals surface area (Å²) < 4.78 is 5.58. The molecule has 1 saturated heterocycles. The summed E-state index contributed by atoms with van der Waals surface area (Å²) in [5.41, 5.74) is 1.79. The average Bonchev–Trinajstić information content (AvgIpc) is 3.11. The van der Waals surface area contributed by atoms with Gasteiger partial charge in [-0.25, -0.2) is 0 Å². The van der Waals surface area contributed by atoms with Gasteiger partial charge >= 0.3 is 6.01 Å². The second-order valence-corrected chi connectivity index (χ2v) is 5.85. The number of hydrogen-bond donors (Lipinski definition) is 0. The third-order valence-electron chi connectivity index (χ3n) is 4.12. The molecule has 126 valence electrons. The van der Waals surface area contributed by atoms with Crippen molar-refractivity contribution in [1.82, 2.24) is 15.1 Å². The monoisotopic (exact) mass is 326 g/mol. The number of aromatic nitrogens is 2. The van der Waals surface area contributed by atoms with Gasteiger partial charge in [0, 0.05) is 38.2 Å². The first-order chi connectivity index (χ1) is 11.7. The highest BCUT2D eigenvalue weighted by Crippen LogP contribution is 2.16.